The fraction of sp³-hybridized carbons (Fsp3) is 0.300. The molecule has 1 N–H and O–H groups in total. The molecule has 0 aliphatic carbocycles. The molecule has 6 heteroatoms. The van der Waals surface area contributed by atoms with Crippen molar-refractivity contribution in [2.75, 3.05) is 0 Å². The summed E-state index contributed by atoms with van der Waals surface area (Å²) in [7, 11) is -2.06. The molecule has 0 aliphatic heterocycles. The van der Waals surface area contributed by atoms with E-state index in [0.717, 1.165) is 0 Å². The van der Waals surface area contributed by atoms with Crippen LogP contribution in [0.4, 0.5) is 4.39 Å². The number of nitrogens with zero attached hydrogens (tertiary/aromatic N) is 1. The minimum atomic E-state index is -2.06. The second-order valence-electron chi connectivity index (χ2n) is 7.94. The number of hydrogen-bond donors (Lipinski definition) is 1. The molecule has 0 amide bonds. The fourth-order valence-electron chi connectivity index (χ4n) is 2.41. The smallest absolute Gasteiger partial charge is 0.259 e. The number of aromatic amines is 1. The number of hydrogen-bond acceptors (Lipinski definition) is 3. The highest BCUT2D eigenvalue weighted by molar-refractivity contribution is 6.74. The maximum absolute atomic E-state index is 14.4. The highest BCUT2D eigenvalue weighted by Gasteiger charge is 2.39. The monoisotopic (exact) mass is 370 g/mol. The van der Waals surface area contributed by atoms with Gasteiger partial charge in [0, 0.05) is 0 Å². The van der Waals surface area contributed by atoms with Crippen LogP contribution in [0, 0.1) is 5.82 Å². The van der Waals surface area contributed by atoms with Crippen LogP contribution in [-0.4, -0.2) is 18.3 Å². The predicted molar refractivity (Wildman–Crippen MR) is 106 cm³/mol. The number of H-pyrrole nitrogens is 1. The molecule has 3 aromatic rings. The third-order valence-corrected chi connectivity index (χ3v) is 9.34. The van der Waals surface area contributed by atoms with Crippen LogP contribution in [0.25, 0.3) is 22.3 Å². The molecular formula is C20H23FN2O2Si. The van der Waals surface area contributed by atoms with Crippen LogP contribution >= 0.6 is 0 Å². The van der Waals surface area contributed by atoms with E-state index >= 15 is 0 Å². The van der Waals surface area contributed by atoms with Gasteiger partial charge in [0.25, 0.3) is 5.56 Å². The Balaban J connectivity index is 2.08. The maximum Gasteiger partial charge on any atom is 0.259 e. The Morgan fingerprint density at radius 2 is 1.81 bits per heavy atom. The average molecular weight is 371 g/mol. The average Bonchev–Trinajstić information content (AvgIpc) is 2.55. The largest absolute Gasteiger partial charge is 0.543 e. The quantitative estimate of drug-likeness (QED) is 0.652. The first-order valence-electron chi connectivity index (χ1n) is 8.56. The maximum atomic E-state index is 14.4. The van der Waals surface area contributed by atoms with Gasteiger partial charge in [-0.15, -0.1) is 0 Å². The molecule has 0 radical (unpaired) electrons. The lowest BCUT2D eigenvalue weighted by Gasteiger charge is -2.36. The van der Waals surface area contributed by atoms with Crippen molar-refractivity contribution in [1.29, 1.82) is 0 Å². The summed E-state index contributed by atoms with van der Waals surface area (Å²) in [6.07, 6.45) is 0. The molecule has 0 atom stereocenters. The third kappa shape index (κ3) is 3.42. The molecular weight excluding hydrogens is 347 g/mol. The zero-order valence-corrected chi connectivity index (χ0v) is 16.7. The Bertz CT molecular complexity index is 1020. The molecule has 1 heterocycles. The van der Waals surface area contributed by atoms with Crippen molar-refractivity contribution in [3.05, 3.63) is 58.6 Å². The molecule has 2 aromatic carbocycles. The summed E-state index contributed by atoms with van der Waals surface area (Å²) in [5, 5.41) is 0.502. The van der Waals surface area contributed by atoms with Crippen molar-refractivity contribution < 1.29 is 8.82 Å². The Kier molecular flexibility index (Phi) is 4.48. The number of rotatable bonds is 3. The van der Waals surface area contributed by atoms with Crippen molar-refractivity contribution in [3.63, 3.8) is 0 Å². The molecule has 3 rings (SSSR count). The van der Waals surface area contributed by atoms with Crippen LogP contribution in [0.1, 0.15) is 20.8 Å². The molecule has 1 aromatic heterocycles. The van der Waals surface area contributed by atoms with E-state index < -0.39 is 14.1 Å². The van der Waals surface area contributed by atoms with Gasteiger partial charge in [0.2, 0.25) is 8.32 Å². The highest BCUT2D eigenvalue weighted by Crippen LogP contribution is 2.38. The van der Waals surface area contributed by atoms with Crippen molar-refractivity contribution in [3.8, 4) is 17.1 Å². The topological polar surface area (TPSA) is 55.0 Å². The second kappa shape index (κ2) is 6.36. The van der Waals surface area contributed by atoms with Gasteiger partial charge in [0.05, 0.1) is 16.5 Å². The lowest BCUT2D eigenvalue weighted by Crippen LogP contribution is -2.43. The molecule has 0 bridgehead atoms. The van der Waals surface area contributed by atoms with Crippen LogP contribution in [0.15, 0.2) is 47.3 Å². The van der Waals surface area contributed by atoms with Crippen LogP contribution in [0.2, 0.25) is 18.1 Å². The summed E-state index contributed by atoms with van der Waals surface area (Å²) in [4.78, 5) is 19.4. The fourth-order valence-corrected chi connectivity index (χ4v) is 3.43. The van der Waals surface area contributed by atoms with E-state index in [4.69, 9.17) is 4.43 Å². The predicted octanol–water partition coefficient (Wildman–Crippen LogP) is 5.11. The van der Waals surface area contributed by atoms with Crippen LogP contribution in [-0.2, 0) is 0 Å². The van der Waals surface area contributed by atoms with Gasteiger partial charge in [-0.1, -0.05) is 32.9 Å². The van der Waals surface area contributed by atoms with E-state index in [1.807, 2.05) is 0 Å². The van der Waals surface area contributed by atoms with Gasteiger partial charge < -0.3 is 9.41 Å². The molecule has 0 spiro atoms. The first-order chi connectivity index (χ1) is 12.1. The van der Waals surface area contributed by atoms with Gasteiger partial charge in [0.15, 0.2) is 0 Å². The summed E-state index contributed by atoms with van der Waals surface area (Å²) in [6, 6.07) is 11.6. The molecule has 4 nitrogen and oxygen atoms in total. The SMILES string of the molecule is CC(C)(C)[Si](C)(C)Oc1ccc(F)c(-c2nc3ccccc3c(=O)[nH]2)c1. The Labute approximate surface area is 153 Å². The second-order valence-corrected chi connectivity index (χ2v) is 12.7. The lowest BCUT2D eigenvalue weighted by molar-refractivity contribution is 0.490. The van der Waals surface area contributed by atoms with Crippen LogP contribution in [0.5, 0.6) is 5.75 Å². The molecule has 0 unspecified atom stereocenters. The number of benzene rings is 2. The number of aromatic nitrogens is 2. The minimum absolute atomic E-state index is 0.0249. The van der Waals surface area contributed by atoms with Gasteiger partial charge in [-0.25, -0.2) is 9.37 Å². The zero-order valence-electron chi connectivity index (χ0n) is 15.7. The minimum Gasteiger partial charge on any atom is -0.543 e. The Morgan fingerprint density at radius 1 is 1.12 bits per heavy atom. The van der Waals surface area contributed by atoms with Gasteiger partial charge in [-0.3, -0.25) is 4.79 Å². The lowest BCUT2D eigenvalue weighted by atomic mass is 10.1. The van der Waals surface area contributed by atoms with Crippen molar-refractivity contribution >= 4 is 19.2 Å². The van der Waals surface area contributed by atoms with Crippen LogP contribution in [0.3, 0.4) is 0 Å². The standard InChI is InChI=1S/C20H23FN2O2Si/c1-20(2,3)26(4,5)25-13-10-11-16(21)15(12-13)18-22-17-9-7-6-8-14(17)19(24)23-18/h6-12H,1-5H3,(H,22,23,24). The van der Waals surface area contributed by atoms with E-state index in [1.54, 1.807) is 36.4 Å². The molecule has 0 fully saturated rings. The summed E-state index contributed by atoms with van der Waals surface area (Å²) in [5.74, 6) is 0.335. The highest BCUT2D eigenvalue weighted by atomic mass is 28.4. The van der Waals surface area contributed by atoms with Crippen molar-refractivity contribution in [2.45, 2.75) is 38.9 Å². The molecule has 0 aliphatic rings. The number of fused-ring (bicyclic) bond motifs is 1. The molecule has 0 saturated heterocycles. The van der Waals surface area contributed by atoms with E-state index in [2.05, 4.69) is 43.8 Å². The number of para-hydroxylation sites is 1. The third-order valence-electron chi connectivity index (χ3n) is 4.99. The van der Waals surface area contributed by atoms with Crippen molar-refractivity contribution in [1.82, 2.24) is 9.97 Å². The summed E-state index contributed by atoms with van der Waals surface area (Å²) in [5.41, 5.74) is 0.464. The van der Waals surface area contributed by atoms with E-state index in [1.165, 1.54) is 6.07 Å². The van der Waals surface area contributed by atoms with Crippen molar-refractivity contribution in [2.24, 2.45) is 0 Å². The number of nitrogens with one attached hydrogen (secondary N) is 1. The first-order valence-corrected chi connectivity index (χ1v) is 11.5. The van der Waals surface area contributed by atoms with Crippen LogP contribution < -0.4 is 9.99 Å². The van der Waals surface area contributed by atoms with E-state index in [0.29, 0.717) is 16.7 Å². The summed E-state index contributed by atoms with van der Waals surface area (Å²) < 4.78 is 20.7. The molecule has 26 heavy (non-hydrogen) atoms. The van der Waals surface area contributed by atoms with Gasteiger partial charge in [0.1, 0.15) is 17.4 Å². The summed E-state index contributed by atoms with van der Waals surface area (Å²) in [6.45, 7) is 10.7. The summed E-state index contributed by atoms with van der Waals surface area (Å²) >= 11 is 0. The van der Waals surface area contributed by atoms with E-state index in [9.17, 15) is 9.18 Å². The Hall–Kier alpha value is -2.47. The zero-order chi connectivity index (χ0) is 19.1. The first kappa shape index (κ1) is 18.3. The van der Waals surface area contributed by atoms with E-state index in [-0.39, 0.29) is 22.0 Å². The molecule has 136 valence electrons. The number of halogens is 1. The van der Waals surface area contributed by atoms with Gasteiger partial charge in [-0.2, -0.15) is 0 Å². The molecule has 0 saturated carbocycles. The normalized spacial score (nSPS) is 12.4. The van der Waals surface area contributed by atoms with Gasteiger partial charge in [-0.05, 0) is 48.5 Å². The van der Waals surface area contributed by atoms with Gasteiger partial charge >= 0.3 is 0 Å². The Morgan fingerprint density at radius 3 is 2.50 bits per heavy atom.